The van der Waals surface area contributed by atoms with Crippen molar-refractivity contribution in [3.05, 3.63) is 29.8 Å². The van der Waals surface area contributed by atoms with E-state index in [0.717, 1.165) is 11.3 Å². The smallest absolute Gasteiger partial charge is 0.221 e. The third-order valence-electron chi connectivity index (χ3n) is 1.92. The van der Waals surface area contributed by atoms with Crippen molar-refractivity contribution in [3.8, 4) is 0 Å². The second kappa shape index (κ2) is 4.74. The highest BCUT2D eigenvalue weighted by atomic mass is 16.1. The standard InChI is InChI=1S/C10H15N3O/c1-7(14)13-10-5-3-2-4-8(10)9(12)6-11/h2-5,9H,6,11-12H2,1H3,(H,13,14)/t9-/m1/s1. The SMILES string of the molecule is CC(=O)Nc1ccccc1[C@H](N)CN. The lowest BCUT2D eigenvalue weighted by Gasteiger charge is -2.14. The zero-order valence-electron chi connectivity index (χ0n) is 8.16. The Balaban J connectivity index is 2.96. The molecule has 1 amide bonds. The summed E-state index contributed by atoms with van der Waals surface area (Å²) >= 11 is 0. The molecule has 0 aliphatic carbocycles. The quantitative estimate of drug-likeness (QED) is 0.657. The minimum atomic E-state index is -0.238. The van der Waals surface area contributed by atoms with Gasteiger partial charge in [0, 0.05) is 25.2 Å². The molecule has 5 N–H and O–H groups in total. The van der Waals surface area contributed by atoms with Crippen LogP contribution in [0.25, 0.3) is 0 Å². The van der Waals surface area contributed by atoms with Gasteiger partial charge in [-0.25, -0.2) is 0 Å². The first-order chi connectivity index (χ1) is 6.65. The summed E-state index contributed by atoms with van der Waals surface area (Å²) in [6.45, 7) is 1.82. The normalized spacial score (nSPS) is 12.2. The number of benzene rings is 1. The van der Waals surface area contributed by atoms with Crippen molar-refractivity contribution in [2.75, 3.05) is 11.9 Å². The van der Waals surface area contributed by atoms with Crippen LogP contribution in [0.2, 0.25) is 0 Å². The van der Waals surface area contributed by atoms with Gasteiger partial charge in [-0.2, -0.15) is 0 Å². The number of carbonyl (C=O) groups excluding carboxylic acids is 1. The summed E-state index contributed by atoms with van der Waals surface area (Å²) in [6, 6.07) is 7.15. The molecule has 0 bridgehead atoms. The Morgan fingerprint density at radius 1 is 1.50 bits per heavy atom. The average molecular weight is 193 g/mol. The van der Waals surface area contributed by atoms with Crippen LogP contribution in [0.5, 0.6) is 0 Å². The molecule has 0 saturated carbocycles. The van der Waals surface area contributed by atoms with Crippen molar-refractivity contribution in [2.45, 2.75) is 13.0 Å². The first-order valence-corrected chi connectivity index (χ1v) is 4.47. The summed E-state index contributed by atoms with van der Waals surface area (Å²) in [5, 5.41) is 2.71. The van der Waals surface area contributed by atoms with Crippen LogP contribution in [0.1, 0.15) is 18.5 Å². The van der Waals surface area contributed by atoms with E-state index in [1.165, 1.54) is 6.92 Å². The van der Waals surface area contributed by atoms with Gasteiger partial charge in [-0.15, -0.1) is 0 Å². The zero-order chi connectivity index (χ0) is 10.6. The highest BCUT2D eigenvalue weighted by Crippen LogP contribution is 2.20. The predicted molar refractivity (Wildman–Crippen MR) is 56.7 cm³/mol. The lowest BCUT2D eigenvalue weighted by Crippen LogP contribution is -2.22. The van der Waals surface area contributed by atoms with Gasteiger partial charge in [0.2, 0.25) is 5.91 Å². The van der Waals surface area contributed by atoms with E-state index in [2.05, 4.69) is 5.32 Å². The van der Waals surface area contributed by atoms with E-state index >= 15 is 0 Å². The molecule has 1 aromatic rings. The number of nitrogens with two attached hydrogens (primary N) is 2. The van der Waals surface area contributed by atoms with Crippen molar-refractivity contribution in [1.82, 2.24) is 0 Å². The van der Waals surface area contributed by atoms with Crippen LogP contribution in [0.4, 0.5) is 5.69 Å². The fourth-order valence-electron chi connectivity index (χ4n) is 1.25. The molecule has 4 heteroatoms. The summed E-state index contributed by atoms with van der Waals surface area (Å²) in [5.41, 5.74) is 12.9. The van der Waals surface area contributed by atoms with Crippen molar-refractivity contribution >= 4 is 11.6 Å². The molecule has 0 saturated heterocycles. The molecule has 0 aliphatic heterocycles. The number of hydrogen-bond acceptors (Lipinski definition) is 3. The number of carbonyl (C=O) groups is 1. The largest absolute Gasteiger partial charge is 0.329 e. The van der Waals surface area contributed by atoms with Gasteiger partial charge < -0.3 is 16.8 Å². The first-order valence-electron chi connectivity index (χ1n) is 4.47. The minimum Gasteiger partial charge on any atom is -0.329 e. The zero-order valence-corrected chi connectivity index (χ0v) is 8.16. The van der Waals surface area contributed by atoms with E-state index in [1.54, 1.807) is 0 Å². The maximum absolute atomic E-state index is 10.9. The number of amides is 1. The molecule has 1 rings (SSSR count). The summed E-state index contributed by atoms with van der Waals surface area (Å²) in [6.07, 6.45) is 0. The molecule has 76 valence electrons. The van der Waals surface area contributed by atoms with Crippen LogP contribution in [0.3, 0.4) is 0 Å². The Morgan fingerprint density at radius 3 is 2.71 bits per heavy atom. The number of hydrogen-bond donors (Lipinski definition) is 3. The first kappa shape index (κ1) is 10.7. The van der Waals surface area contributed by atoms with Gasteiger partial charge in [-0.05, 0) is 11.6 Å². The number of nitrogens with one attached hydrogen (secondary N) is 1. The Kier molecular flexibility index (Phi) is 3.62. The van der Waals surface area contributed by atoms with Gasteiger partial charge in [0.25, 0.3) is 0 Å². The third kappa shape index (κ3) is 2.55. The highest BCUT2D eigenvalue weighted by molar-refractivity contribution is 5.89. The molecule has 0 aromatic heterocycles. The second-order valence-electron chi connectivity index (χ2n) is 3.11. The van der Waals surface area contributed by atoms with Gasteiger partial charge in [0.15, 0.2) is 0 Å². The number of para-hydroxylation sites is 1. The lowest BCUT2D eigenvalue weighted by molar-refractivity contribution is -0.114. The van der Waals surface area contributed by atoms with Gasteiger partial charge in [0.05, 0.1) is 0 Å². The van der Waals surface area contributed by atoms with E-state index in [0.29, 0.717) is 6.54 Å². The van der Waals surface area contributed by atoms with E-state index < -0.39 is 0 Å². The molecule has 14 heavy (non-hydrogen) atoms. The van der Waals surface area contributed by atoms with Crippen LogP contribution in [0, 0.1) is 0 Å². The maximum atomic E-state index is 10.9. The topological polar surface area (TPSA) is 81.1 Å². The van der Waals surface area contributed by atoms with Gasteiger partial charge in [-0.1, -0.05) is 18.2 Å². The molecular formula is C10H15N3O. The Morgan fingerprint density at radius 2 is 2.14 bits per heavy atom. The van der Waals surface area contributed by atoms with Gasteiger partial charge in [-0.3, -0.25) is 4.79 Å². The summed E-state index contributed by atoms with van der Waals surface area (Å²) < 4.78 is 0. The molecule has 0 spiro atoms. The van der Waals surface area contributed by atoms with E-state index in [9.17, 15) is 4.79 Å². The van der Waals surface area contributed by atoms with E-state index in [1.807, 2.05) is 24.3 Å². The fourth-order valence-corrected chi connectivity index (χ4v) is 1.25. The molecule has 4 nitrogen and oxygen atoms in total. The molecular weight excluding hydrogens is 178 g/mol. The van der Waals surface area contributed by atoms with Crippen LogP contribution in [-0.2, 0) is 4.79 Å². The van der Waals surface area contributed by atoms with Crippen LogP contribution >= 0.6 is 0 Å². The summed E-state index contributed by atoms with van der Waals surface area (Å²) in [7, 11) is 0. The number of anilines is 1. The Labute approximate surface area is 83.3 Å². The third-order valence-corrected chi connectivity index (χ3v) is 1.92. The van der Waals surface area contributed by atoms with Crippen LogP contribution in [0.15, 0.2) is 24.3 Å². The Bertz CT molecular complexity index is 325. The molecule has 0 aliphatic rings. The fraction of sp³-hybridized carbons (Fsp3) is 0.300. The highest BCUT2D eigenvalue weighted by Gasteiger charge is 2.09. The lowest BCUT2D eigenvalue weighted by atomic mass is 10.1. The average Bonchev–Trinajstić information content (AvgIpc) is 2.16. The van der Waals surface area contributed by atoms with Gasteiger partial charge >= 0.3 is 0 Å². The molecule has 0 heterocycles. The molecule has 1 atom stereocenters. The monoisotopic (exact) mass is 193 g/mol. The summed E-state index contributed by atoms with van der Waals surface area (Å²) in [5.74, 6) is -0.110. The molecule has 0 unspecified atom stereocenters. The predicted octanol–water partition coefficient (Wildman–Crippen LogP) is 0.603. The van der Waals surface area contributed by atoms with Crippen LogP contribution < -0.4 is 16.8 Å². The second-order valence-corrected chi connectivity index (χ2v) is 3.11. The van der Waals surface area contributed by atoms with Crippen LogP contribution in [-0.4, -0.2) is 12.5 Å². The van der Waals surface area contributed by atoms with Crippen molar-refractivity contribution in [2.24, 2.45) is 11.5 Å². The van der Waals surface area contributed by atoms with Crippen molar-refractivity contribution in [1.29, 1.82) is 0 Å². The van der Waals surface area contributed by atoms with Gasteiger partial charge in [0.1, 0.15) is 0 Å². The maximum Gasteiger partial charge on any atom is 0.221 e. The number of rotatable bonds is 3. The Hall–Kier alpha value is -1.39. The molecule has 0 fully saturated rings. The van der Waals surface area contributed by atoms with Crippen molar-refractivity contribution < 1.29 is 4.79 Å². The van der Waals surface area contributed by atoms with Crippen molar-refractivity contribution in [3.63, 3.8) is 0 Å². The molecule has 0 radical (unpaired) electrons. The summed E-state index contributed by atoms with van der Waals surface area (Å²) in [4.78, 5) is 10.9. The van der Waals surface area contributed by atoms with E-state index in [-0.39, 0.29) is 11.9 Å². The van der Waals surface area contributed by atoms with E-state index in [4.69, 9.17) is 11.5 Å². The molecule has 1 aromatic carbocycles. The minimum absolute atomic E-state index is 0.110.